The van der Waals surface area contributed by atoms with E-state index in [1.165, 1.54) is 49.5 Å². The molecule has 0 aliphatic rings. The molecular weight excluding hydrogens is 381 g/mol. The standard InChI is InChI=1S/C20H18FN3O3S/c1-24(18-7-5-17(21)6-8-18)28(26,27)19-4-2-3-16(13-19)20(25)23-14-15-9-11-22-12-10-15/h2-13H,14H2,1H3,(H,23,25). The first kappa shape index (κ1) is 19.5. The van der Waals surface area contributed by atoms with Crippen molar-refractivity contribution in [1.29, 1.82) is 0 Å². The van der Waals surface area contributed by atoms with Gasteiger partial charge in [-0.3, -0.25) is 14.1 Å². The smallest absolute Gasteiger partial charge is 0.264 e. The summed E-state index contributed by atoms with van der Waals surface area (Å²) in [4.78, 5) is 16.3. The molecule has 0 unspecified atom stereocenters. The van der Waals surface area contributed by atoms with Crippen LogP contribution in [0.3, 0.4) is 0 Å². The van der Waals surface area contributed by atoms with Gasteiger partial charge in [-0.05, 0) is 60.2 Å². The normalized spacial score (nSPS) is 11.1. The van der Waals surface area contributed by atoms with Crippen LogP contribution in [0.15, 0.2) is 78.0 Å². The van der Waals surface area contributed by atoms with Crippen molar-refractivity contribution in [2.24, 2.45) is 0 Å². The van der Waals surface area contributed by atoms with E-state index in [1.54, 1.807) is 30.6 Å². The third kappa shape index (κ3) is 4.34. The molecular formula is C20H18FN3O3S. The largest absolute Gasteiger partial charge is 0.348 e. The second-order valence-corrected chi connectivity index (χ2v) is 7.98. The molecule has 0 aliphatic carbocycles. The van der Waals surface area contributed by atoms with Gasteiger partial charge in [-0.1, -0.05) is 6.07 Å². The van der Waals surface area contributed by atoms with Crippen molar-refractivity contribution in [2.75, 3.05) is 11.4 Å². The van der Waals surface area contributed by atoms with E-state index in [2.05, 4.69) is 10.3 Å². The lowest BCUT2D eigenvalue weighted by Crippen LogP contribution is -2.27. The molecule has 3 aromatic rings. The molecule has 1 aromatic heterocycles. The Morgan fingerprint density at radius 3 is 2.43 bits per heavy atom. The summed E-state index contributed by atoms with van der Waals surface area (Å²) in [6, 6.07) is 14.4. The number of sulfonamides is 1. The lowest BCUT2D eigenvalue weighted by atomic mass is 10.2. The van der Waals surface area contributed by atoms with Crippen LogP contribution in [-0.2, 0) is 16.6 Å². The van der Waals surface area contributed by atoms with E-state index < -0.39 is 21.7 Å². The van der Waals surface area contributed by atoms with E-state index in [9.17, 15) is 17.6 Å². The SMILES string of the molecule is CN(c1ccc(F)cc1)S(=O)(=O)c1cccc(C(=O)NCc2ccncc2)c1. The van der Waals surface area contributed by atoms with E-state index in [0.717, 1.165) is 9.87 Å². The Hall–Kier alpha value is -3.26. The van der Waals surface area contributed by atoms with Crippen LogP contribution < -0.4 is 9.62 Å². The fraction of sp³-hybridized carbons (Fsp3) is 0.100. The quantitative estimate of drug-likeness (QED) is 0.691. The molecule has 0 spiro atoms. The van der Waals surface area contributed by atoms with Crippen LogP contribution in [0.2, 0.25) is 0 Å². The van der Waals surface area contributed by atoms with E-state index in [-0.39, 0.29) is 10.5 Å². The molecule has 6 nitrogen and oxygen atoms in total. The highest BCUT2D eigenvalue weighted by Gasteiger charge is 2.22. The number of aromatic nitrogens is 1. The van der Waals surface area contributed by atoms with Crippen LogP contribution in [-0.4, -0.2) is 26.4 Å². The molecule has 0 radical (unpaired) electrons. The molecule has 0 aliphatic heterocycles. The topological polar surface area (TPSA) is 79.4 Å². The molecule has 2 aromatic carbocycles. The first-order valence-electron chi connectivity index (χ1n) is 8.39. The van der Waals surface area contributed by atoms with Crippen molar-refractivity contribution in [3.63, 3.8) is 0 Å². The summed E-state index contributed by atoms with van der Waals surface area (Å²) < 4.78 is 39.9. The minimum atomic E-state index is -3.91. The summed E-state index contributed by atoms with van der Waals surface area (Å²) in [5.74, 6) is -0.847. The highest BCUT2D eigenvalue weighted by Crippen LogP contribution is 2.23. The number of anilines is 1. The van der Waals surface area contributed by atoms with Crippen molar-refractivity contribution in [2.45, 2.75) is 11.4 Å². The van der Waals surface area contributed by atoms with Gasteiger partial charge in [0, 0.05) is 31.5 Å². The van der Waals surface area contributed by atoms with Gasteiger partial charge < -0.3 is 5.32 Å². The summed E-state index contributed by atoms with van der Waals surface area (Å²) in [5, 5.41) is 2.74. The van der Waals surface area contributed by atoms with E-state index in [4.69, 9.17) is 0 Å². The molecule has 1 amide bonds. The molecule has 3 rings (SSSR count). The molecule has 28 heavy (non-hydrogen) atoms. The molecule has 1 heterocycles. The summed E-state index contributed by atoms with van der Waals surface area (Å²) in [6.45, 7) is 0.299. The zero-order valence-electron chi connectivity index (χ0n) is 15.0. The predicted octanol–water partition coefficient (Wildman–Crippen LogP) is 2.98. The van der Waals surface area contributed by atoms with Crippen LogP contribution in [0.25, 0.3) is 0 Å². The Kier molecular flexibility index (Phi) is 5.70. The Labute approximate surface area is 162 Å². The second-order valence-electron chi connectivity index (χ2n) is 6.01. The molecule has 144 valence electrons. The second kappa shape index (κ2) is 8.18. The lowest BCUT2D eigenvalue weighted by molar-refractivity contribution is 0.0950. The Bertz CT molecular complexity index is 1070. The zero-order chi connectivity index (χ0) is 20.1. The van der Waals surface area contributed by atoms with Gasteiger partial charge in [-0.15, -0.1) is 0 Å². The van der Waals surface area contributed by atoms with Gasteiger partial charge >= 0.3 is 0 Å². The minimum absolute atomic E-state index is 0.0316. The van der Waals surface area contributed by atoms with Crippen molar-refractivity contribution in [3.05, 3.63) is 90.0 Å². The van der Waals surface area contributed by atoms with Gasteiger partial charge in [0.1, 0.15) is 5.82 Å². The maximum Gasteiger partial charge on any atom is 0.264 e. The molecule has 1 N–H and O–H groups in total. The maximum atomic E-state index is 13.1. The number of pyridine rings is 1. The minimum Gasteiger partial charge on any atom is -0.348 e. The summed E-state index contributed by atoms with van der Waals surface area (Å²) in [5.41, 5.74) is 1.42. The molecule has 0 bridgehead atoms. The average molecular weight is 399 g/mol. The molecule has 0 saturated heterocycles. The number of carbonyl (C=O) groups excluding carboxylic acids is 1. The Balaban J connectivity index is 1.79. The maximum absolute atomic E-state index is 13.1. The number of benzene rings is 2. The first-order chi connectivity index (χ1) is 13.4. The Morgan fingerprint density at radius 1 is 1.07 bits per heavy atom. The average Bonchev–Trinajstić information content (AvgIpc) is 2.73. The highest BCUT2D eigenvalue weighted by molar-refractivity contribution is 7.92. The number of hydrogen-bond acceptors (Lipinski definition) is 4. The number of halogens is 1. The number of nitrogens with zero attached hydrogens (tertiary/aromatic N) is 2. The third-order valence-electron chi connectivity index (χ3n) is 4.15. The van der Waals surface area contributed by atoms with Gasteiger partial charge in [0.2, 0.25) is 0 Å². The monoisotopic (exact) mass is 399 g/mol. The van der Waals surface area contributed by atoms with Gasteiger partial charge in [-0.25, -0.2) is 12.8 Å². The van der Waals surface area contributed by atoms with Crippen LogP contribution in [0.5, 0.6) is 0 Å². The van der Waals surface area contributed by atoms with Crippen LogP contribution in [0.4, 0.5) is 10.1 Å². The summed E-state index contributed by atoms with van der Waals surface area (Å²) >= 11 is 0. The van der Waals surface area contributed by atoms with E-state index in [0.29, 0.717) is 12.2 Å². The lowest BCUT2D eigenvalue weighted by Gasteiger charge is -2.19. The van der Waals surface area contributed by atoms with Gasteiger partial charge in [0.25, 0.3) is 15.9 Å². The zero-order valence-corrected chi connectivity index (χ0v) is 15.9. The van der Waals surface area contributed by atoms with Crippen molar-refractivity contribution in [3.8, 4) is 0 Å². The predicted molar refractivity (Wildman–Crippen MR) is 104 cm³/mol. The number of hydrogen-bond donors (Lipinski definition) is 1. The van der Waals surface area contributed by atoms with E-state index in [1.807, 2.05) is 0 Å². The molecule has 0 fully saturated rings. The molecule has 8 heteroatoms. The summed E-state index contributed by atoms with van der Waals surface area (Å²) in [6.07, 6.45) is 3.25. The van der Waals surface area contributed by atoms with Crippen LogP contribution in [0.1, 0.15) is 15.9 Å². The third-order valence-corrected chi connectivity index (χ3v) is 5.93. The number of amides is 1. The number of nitrogens with one attached hydrogen (secondary N) is 1. The van der Waals surface area contributed by atoms with Gasteiger partial charge in [0.15, 0.2) is 0 Å². The van der Waals surface area contributed by atoms with Crippen LogP contribution in [0, 0.1) is 5.82 Å². The van der Waals surface area contributed by atoms with Crippen molar-refractivity contribution in [1.82, 2.24) is 10.3 Å². The van der Waals surface area contributed by atoms with Gasteiger partial charge in [-0.2, -0.15) is 0 Å². The first-order valence-corrected chi connectivity index (χ1v) is 9.83. The highest BCUT2D eigenvalue weighted by atomic mass is 32.2. The fourth-order valence-electron chi connectivity index (χ4n) is 2.53. The fourth-order valence-corrected chi connectivity index (χ4v) is 3.77. The van der Waals surface area contributed by atoms with Crippen LogP contribution >= 0.6 is 0 Å². The van der Waals surface area contributed by atoms with Crippen molar-refractivity contribution < 1.29 is 17.6 Å². The van der Waals surface area contributed by atoms with Gasteiger partial charge in [0.05, 0.1) is 10.6 Å². The number of carbonyl (C=O) groups is 1. The number of rotatable bonds is 6. The molecule has 0 atom stereocenters. The molecule has 0 saturated carbocycles. The summed E-state index contributed by atoms with van der Waals surface area (Å²) in [7, 11) is -2.53. The van der Waals surface area contributed by atoms with E-state index >= 15 is 0 Å². The van der Waals surface area contributed by atoms with Crippen molar-refractivity contribution >= 4 is 21.6 Å². The Morgan fingerprint density at radius 2 is 1.75 bits per heavy atom.